The SMILES string of the molecule is CCC(C)N(C)Cc1ccc(C#CCN)s1. The second kappa shape index (κ2) is 6.70. The minimum Gasteiger partial charge on any atom is -0.320 e. The number of hydrogen-bond acceptors (Lipinski definition) is 3. The van der Waals surface area contributed by atoms with Crippen LogP contribution >= 0.6 is 11.3 Å². The first-order valence-corrected chi connectivity index (χ1v) is 6.47. The Hall–Kier alpha value is -0.820. The zero-order chi connectivity index (χ0) is 12.0. The fourth-order valence-corrected chi connectivity index (χ4v) is 2.33. The minimum atomic E-state index is 0.431. The summed E-state index contributed by atoms with van der Waals surface area (Å²) in [5.41, 5.74) is 5.34. The van der Waals surface area contributed by atoms with Crippen LogP contribution in [0.4, 0.5) is 0 Å². The third-order valence-electron chi connectivity index (χ3n) is 2.72. The Morgan fingerprint density at radius 1 is 1.50 bits per heavy atom. The van der Waals surface area contributed by atoms with Crippen molar-refractivity contribution in [2.45, 2.75) is 32.9 Å². The van der Waals surface area contributed by atoms with Gasteiger partial charge in [0.2, 0.25) is 0 Å². The van der Waals surface area contributed by atoms with Crippen molar-refractivity contribution in [1.29, 1.82) is 0 Å². The third kappa shape index (κ3) is 3.97. The first kappa shape index (κ1) is 13.2. The van der Waals surface area contributed by atoms with Crippen molar-refractivity contribution in [3.63, 3.8) is 0 Å². The van der Waals surface area contributed by atoms with E-state index in [1.54, 1.807) is 11.3 Å². The zero-order valence-corrected chi connectivity index (χ0v) is 11.1. The van der Waals surface area contributed by atoms with Crippen LogP contribution in [0, 0.1) is 11.8 Å². The van der Waals surface area contributed by atoms with Gasteiger partial charge in [-0.3, -0.25) is 4.90 Å². The normalized spacial score (nSPS) is 12.3. The van der Waals surface area contributed by atoms with Crippen LogP contribution in [0.5, 0.6) is 0 Å². The lowest BCUT2D eigenvalue weighted by Gasteiger charge is -2.22. The summed E-state index contributed by atoms with van der Waals surface area (Å²) in [6.07, 6.45) is 1.18. The Morgan fingerprint density at radius 2 is 2.25 bits per heavy atom. The maximum atomic E-state index is 5.34. The zero-order valence-electron chi connectivity index (χ0n) is 10.3. The summed E-state index contributed by atoms with van der Waals surface area (Å²) in [6.45, 7) is 5.90. The fraction of sp³-hybridized carbons (Fsp3) is 0.538. The molecule has 0 fully saturated rings. The predicted octanol–water partition coefficient (Wildman–Crippen LogP) is 2.29. The second-order valence-corrected chi connectivity index (χ2v) is 5.11. The molecule has 0 spiro atoms. The molecule has 0 aliphatic rings. The van der Waals surface area contributed by atoms with Gasteiger partial charge in [-0.05, 0) is 32.5 Å². The van der Waals surface area contributed by atoms with E-state index in [0.29, 0.717) is 12.6 Å². The summed E-state index contributed by atoms with van der Waals surface area (Å²) in [6, 6.07) is 4.86. The number of nitrogens with zero attached hydrogens (tertiary/aromatic N) is 1. The number of rotatable bonds is 4. The highest BCUT2D eigenvalue weighted by molar-refractivity contribution is 7.12. The highest BCUT2D eigenvalue weighted by Gasteiger charge is 2.08. The smallest absolute Gasteiger partial charge is 0.0772 e. The monoisotopic (exact) mass is 236 g/mol. The molecule has 0 radical (unpaired) electrons. The quantitative estimate of drug-likeness (QED) is 0.813. The summed E-state index contributed by atoms with van der Waals surface area (Å²) in [5, 5.41) is 0. The van der Waals surface area contributed by atoms with Crippen LogP contribution < -0.4 is 5.73 Å². The van der Waals surface area contributed by atoms with E-state index in [2.05, 4.69) is 49.8 Å². The molecule has 0 bridgehead atoms. The van der Waals surface area contributed by atoms with Crippen LogP contribution in [-0.2, 0) is 6.54 Å². The summed E-state index contributed by atoms with van der Waals surface area (Å²) >= 11 is 1.76. The van der Waals surface area contributed by atoms with E-state index in [1.807, 2.05) is 0 Å². The van der Waals surface area contributed by atoms with Gasteiger partial charge in [0.1, 0.15) is 0 Å². The molecule has 1 unspecified atom stereocenters. The molecule has 1 atom stereocenters. The molecule has 0 saturated heterocycles. The molecule has 1 aromatic rings. The van der Waals surface area contributed by atoms with E-state index in [4.69, 9.17) is 5.73 Å². The van der Waals surface area contributed by atoms with Crippen LogP contribution in [0.2, 0.25) is 0 Å². The Labute approximate surface area is 102 Å². The van der Waals surface area contributed by atoms with Crippen molar-refractivity contribution in [2.75, 3.05) is 13.6 Å². The van der Waals surface area contributed by atoms with Gasteiger partial charge >= 0.3 is 0 Å². The van der Waals surface area contributed by atoms with Gasteiger partial charge in [-0.15, -0.1) is 11.3 Å². The van der Waals surface area contributed by atoms with Gasteiger partial charge in [0, 0.05) is 17.5 Å². The molecule has 0 aliphatic heterocycles. The molecule has 2 N–H and O–H groups in total. The van der Waals surface area contributed by atoms with Gasteiger partial charge in [-0.2, -0.15) is 0 Å². The Morgan fingerprint density at radius 3 is 2.88 bits per heavy atom. The van der Waals surface area contributed by atoms with E-state index in [0.717, 1.165) is 11.4 Å². The largest absolute Gasteiger partial charge is 0.320 e. The second-order valence-electron chi connectivity index (χ2n) is 3.94. The van der Waals surface area contributed by atoms with Crippen molar-refractivity contribution < 1.29 is 0 Å². The van der Waals surface area contributed by atoms with E-state index < -0.39 is 0 Å². The Balaban J connectivity index is 2.58. The van der Waals surface area contributed by atoms with Crippen LogP contribution in [0.1, 0.15) is 30.0 Å². The summed E-state index contributed by atoms with van der Waals surface area (Å²) < 4.78 is 0. The molecule has 0 saturated carbocycles. The van der Waals surface area contributed by atoms with Crippen LogP contribution in [-0.4, -0.2) is 24.5 Å². The van der Waals surface area contributed by atoms with Gasteiger partial charge in [0.05, 0.1) is 11.4 Å². The molecule has 3 heteroatoms. The number of nitrogens with two attached hydrogens (primary N) is 1. The van der Waals surface area contributed by atoms with Crippen LogP contribution in [0.25, 0.3) is 0 Å². The Kier molecular flexibility index (Phi) is 5.54. The molecular weight excluding hydrogens is 216 g/mol. The predicted molar refractivity (Wildman–Crippen MR) is 71.5 cm³/mol. The molecule has 16 heavy (non-hydrogen) atoms. The summed E-state index contributed by atoms with van der Waals surface area (Å²) in [5.74, 6) is 5.95. The van der Waals surface area contributed by atoms with Gasteiger partial charge < -0.3 is 5.73 Å². The van der Waals surface area contributed by atoms with Crippen LogP contribution in [0.15, 0.2) is 12.1 Å². The average Bonchev–Trinajstić information content (AvgIpc) is 2.72. The summed E-state index contributed by atoms with van der Waals surface area (Å²) in [4.78, 5) is 4.84. The first-order valence-electron chi connectivity index (χ1n) is 5.65. The Bertz CT molecular complexity index is 373. The first-order chi connectivity index (χ1) is 7.67. The van der Waals surface area contributed by atoms with Crippen molar-refractivity contribution >= 4 is 11.3 Å². The molecule has 1 rings (SSSR count). The van der Waals surface area contributed by atoms with Crippen molar-refractivity contribution in [3.05, 3.63) is 21.9 Å². The highest BCUT2D eigenvalue weighted by atomic mass is 32.1. The molecule has 0 amide bonds. The maximum Gasteiger partial charge on any atom is 0.0772 e. The van der Waals surface area contributed by atoms with E-state index in [-0.39, 0.29) is 0 Å². The molecule has 0 aliphatic carbocycles. The topological polar surface area (TPSA) is 29.3 Å². The maximum absolute atomic E-state index is 5.34. The standard InChI is InChI=1S/C13H20N2S/c1-4-11(2)15(3)10-13-8-7-12(16-13)6-5-9-14/h7-8,11H,4,9-10,14H2,1-3H3. The molecule has 0 aromatic carbocycles. The number of hydrogen-bond donors (Lipinski definition) is 1. The van der Waals surface area contributed by atoms with E-state index in [1.165, 1.54) is 11.3 Å². The third-order valence-corrected chi connectivity index (χ3v) is 3.71. The lowest BCUT2D eigenvalue weighted by molar-refractivity contribution is 0.246. The van der Waals surface area contributed by atoms with Crippen LogP contribution in [0.3, 0.4) is 0 Å². The lowest BCUT2D eigenvalue weighted by Crippen LogP contribution is -2.27. The van der Waals surface area contributed by atoms with E-state index in [9.17, 15) is 0 Å². The minimum absolute atomic E-state index is 0.431. The van der Waals surface area contributed by atoms with Crippen molar-refractivity contribution in [3.8, 4) is 11.8 Å². The average molecular weight is 236 g/mol. The van der Waals surface area contributed by atoms with E-state index >= 15 is 0 Å². The fourth-order valence-electron chi connectivity index (χ4n) is 1.38. The van der Waals surface area contributed by atoms with Gasteiger partial charge in [0.15, 0.2) is 0 Å². The molecular formula is C13H20N2S. The van der Waals surface area contributed by atoms with Gasteiger partial charge in [-0.25, -0.2) is 0 Å². The molecule has 1 heterocycles. The van der Waals surface area contributed by atoms with Gasteiger partial charge in [0.25, 0.3) is 0 Å². The highest BCUT2D eigenvalue weighted by Crippen LogP contribution is 2.18. The molecule has 88 valence electrons. The van der Waals surface area contributed by atoms with Crippen molar-refractivity contribution in [2.24, 2.45) is 5.73 Å². The number of thiophene rings is 1. The van der Waals surface area contributed by atoms with Gasteiger partial charge in [-0.1, -0.05) is 18.8 Å². The summed E-state index contributed by atoms with van der Waals surface area (Å²) in [7, 11) is 2.17. The van der Waals surface area contributed by atoms with Crippen molar-refractivity contribution in [1.82, 2.24) is 4.90 Å². The molecule has 1 aromatic heterocycles. The lowest BCUT2D eigenvalue weighted by atomic mass is 10.2. The molecule has 2 nitrogen and oxygen atoms in total.